The molecule has 5 nitrogen and oxygen atoms in total. The fraction of sp³-hybridized carbons (Fsp3) is 0.872. The molecule has 0 unspecified atom stereocenters. The molecule has 0 aromatic rings. The van der Waals surface area contributed by atoms with Crippen molar-refractivity contribution in [1.29, 1.82) is 0 Å². The van der Waals surface area contributed by atoms with Gasteiger partial charge in [-0.2, -0.15) is 0 Å². The van der Waals surface area contributed by atoms with Crippen LogP contribution in [-0.4, -0.2) is 28.9 Å². The summed E-state index contributed by atoms with van der Waals surface area (Å²) in [5.41, 5.74) is 0.569. The fourth-order valence-corrected chi connectivity index (χ4v) is 13.9. The third-order valence-electron chi connectivity index (χ3n) is 16.7. The molecule has 0 aromatic heterocycles. The predicted molar refractivity (Wildman–Crippen MR) is 173 cm³/mol. The molecule has 0 amide bonds. The highest BCUT2D eigenvalue weighted by Crippen LogP contribution is 2.77. The number of allylic oxidation sites excluding steroid dienone is 1. The lowest BCUT2D eigenvalue weighted by Crippen LogP contribution is -2.67. The van der Waals surface area contributed by atoms with Crippen molar-refractivity contribution in [2.75, 3.05) is 0 Å². The minimum atomic E-state index is -0.582. The van der Waals surface area contributed by atoms with Gasteiger partial charge in [-0.3, -0.25) is 14.4 Å². The molecule has 6 aliphatic rings. The zero-order valence-electron chi connectivity index (χ0n) is 29.2. The Morgan fingerprint density at radius 1 is 0.727 bits per heavy atom. The number of hydrogen-bond donors (Lipinski definition) is 1. The lowest BCUT2D eigenvalue weighted by Gasteiger charge is -2.72. The molecule has 1 N–H and O–H groups in total. The zero-order chi connectivity index (χ0) is 32.4. The lowest BCUT2D eigenvalue weighted by atomic mass is 9.32. The van der Waals surface area contributed by atoms with Crippen LogP contribution in [0.1, 0.15) is 133 Å². The number of carbonyl (C=O) groups excluding carboxylic acids is 2. The first-order chi connectivity index (χ1) is 20.3. The van der Waals surface area contributed by atoms with Crippen LogP contribution in [0.25, 0.3) is 0 Å². The number of hydrogen-bond acceptors (Lipinski definition) is 4. The Morgan fingerprint density at radius 3 is 2.00 bits per heavy atom. The quantitative estimate of drug-likeness (QED) is 0.249. The summed E-state index contributed by atoms with van der Waals surface area (Å²) in [5, 5.41) is 10.6. The van der Waals surface area contributed by atoms with Crippen molar-refractivity contribution in [2.24, 2.45) is 73.9 Å². The van der Waals surface area contributed by atoms with Crippen LogP contribution in [0.5, 0.6) is 0 Å². The summed E-state index contributed by atoms with van der Waals surface area (Å²) in [6, 6.07) is 0. The summed E-state index contributed by atoms with van der Waals surface area (Å²) in [7, 11) is 0. The van der Waals surface area contributed by atoms with Gasteiger partial charge in [0.2, 0.25) is 0 Å². The largest absolute Gasteiger partial charge is 0.481 e. The zero-order valence-corrected chi connectivity index (χ0v) is 29.2. The number of fused-ring (bicyclic) bond motifs is 7. The van der Waals surface area contributed by atoms with Crippen molar-refractivity contribution in [3.05, 3.63) is 12.2 Å². The van der Waals surface area contributed by atoms with Crippen LogP contribution in [0.15, 0.2) is 12.2 Å². The minimum Gasteiger partial charge on any atom is -0.481 e. The van der Waals surface area contributed by atoms with Gasteiger partial charge in [-0.25, -0.2) is 0 Å². The molecule has 6 saturated carbocycles. The van der Waals surface area contributed by atoms with Crippen molar-refractivity contribution in [3.63, 3.8) is 0 Å². The number of ketones is 1. The van der Waals surface area contributed by atoms with E-state index in [1.54, 1.807) is 6.92 Å². The molecule has 5 heteroatoms. The van der Waals surface area contributed by atoms with Crippen LogP contribution in [0, 0.1) is 73.9 Å². The lowest BCUT2D eigenvalue weighted by molar-refractivity contribution is -0.252. The molecule has 0 spiro atoms. The molecule has 6 aliphatic carbocycles. The van der Waals surface area contributed by atoms with E-state index in [0.29, 0.717) is 30.1 Å². The van der Waals surface area contributed by atoms with Gasteiger partial charge < -0.3 is 9.84 Å². The van der Waals surface area contributed by atoms with E-state index in [0.717, 1.165) is 57.8 Å². The van der Waals surface area contributed by atoms with Gasteiger partial charge in [0.05, 0.1) is 11.3 Å². The van der Waals surface area contributed by atoms with Crippen LogP contribution in [0.3, 0.4) is 0 Å². The molecule has 6 fully saturated rings. The second-order valence-corrected chi connectivity index (χ2v) is 18.7. The number of rotatable bonds is 5. The van der Waals surface area contributed by atoms with Crippen LogP contribution >= 0.6 is 0 Å². The van der Waals surface area contributed by atoms with Crippen molar-refractivity contribution < 1.29 is 24.2 Å². The van der Waals surface area contributed by atoms with E-state index in [1.807, 2.05) is 13.8 Å². The average Bonchev–Trinajstić information content (AvgIpc) is 3.31. The molecule has 0 radical (unpaired) electrons. The topological polar surface area (TPSA) is 80.7 Å². The van der Waals surface area contributed by atoms with Gasteiger partial charge >= 0.3 is 11.9 Å². The summed E-state index contributed by atoms with van der Waals surface area (Å²) in [4.78, 5) is 38.6. The van der Waals surface area contributed by atoms with Crippen LogP contribution in [0.4, 0.5) is 0 Å². The molecule has 0 aliphatic heterocycles. The second kappa shape index (κ2) is 9.93. The van der Waals surface area contributed by atoms with Gasteiger partial charge in [-0.1, -0.05) is 60.6 Å². The molecular weight excluding hydrogens is 548 g/mol. The van der Waals surface area contributed by atoms with Crippen molar-refractivity contribution in [3.8, 4) is 0 Å². The van der Waals surface area contributed by atoms with Crippen LogP contribution < -0.4 is 0 Å². The summed E-state index contributed by atoms with van der Waals surface area (Å²) < 4.78 is 6.44. The first-order valence-electron chi connectivity index (χ1n) is 17.9. The van der Waals surface area contributed by atoms with Gasteiger partial charge in [-0.15, -0.1) is 0 Å². The standard InChI is InChI=1S/C39H60O5/c1-22(2)24-13-18-39(33(42)43)20-19-37(9)25(31(24)39)11-12-29-36(8)16-15-30(35(6,7)28(36)14-17-38(29,37)10)44-32(41)27-21-26(23(3)40)34(27,4)5/h24-31H,1,11-21H2,2-10H3,(H,42,43)/t24-,25+,26+,27-,28-,29+,30-,31+,36-,37+,38+,39-/m0/s1. The summed E-state index contributed by atoms with van der Waals surface area (Å²) in [6.07, 6.45) is 10.7. The van der Waals surface area contributed by atoms with Gasteiger partial charge in [0.1, 0.15) is 11.9 Å². The van der Waals surface area contributed by atoms with Gasteiger partial charge in [-0.05, 0) is 136 Å². The highest BCUT2D eigenvalue weighted by atomic mass is 16.5. The number of carboxylic acid groups (broad SMARTS) is 1. The summed E-state index contributed by atoms with van der Waals surface area (Å²) >= 11 is 0. The maximum Gasteiger partial charge on any atom is 0.309 e. The maximum atomic E-state index is 13.5. The summed E-state index contributed by atoms with van der Waals surface area (Å²) in [6.45, 7) is 24.7. The SMILES string of the molecule is C=C(C)[C@@H]1CC[C@]2(C(=O)O)CC[C@]3(C)[C@H](CC[C@@H]4[C@@]5(C)CC[C@H](OC(=O)[C@@H]6C[C@H](C(C)=O)C6(C)C)C(C)(C)[C@@H]5CC[C@]43C)[C@@H]12. The van der Waals surface area contributed by atoms with Gasteiger partial charge in [0.15, 0.2) is 0 Å². The van der Waals surface area contributed by atoms with Crippen molar-refractivity contribution in [1.82, 2.24) is 0 Å². The van der Waals surface area contributed by atoms with E-state index < -0.39 is 11.4 Å². The Morgan fingerprint density at radius 2 is 1.41 bits per heavy atom. The Hall–Kier alpha value is -1.65. The molecule has 0 bridgehead atoms. The highest BCUT2D eigenvalue weighted by molar-refractivity contribution is 5.85. The number of carbonyl (C=O) groups is 3. The van der Waals surface area contributed by atoms with E-state index in [9.17, 15) is 19.5 Å². The molecular formula is C39H60O5. The summed E-state index contributed by atoms with van der Waals surface area (Å²) in [5.74, 6) is 1.25. The van der Waals surface area contributed by atoms with E-state index in [2.05, 4.69) is 48.1 Å². The van der Waals surface area contributed by atoms with Crippen molar-refractivity contribution >= 4 is 17.7 Å². The molecule has 6 rings (SSSR count). The molecule has 0 aromatic carbocycles. The Labute approximate surface area is 266 Å². The smallest absolute Gasteiger partial charge is 0.309 e. The van der Waals surface area contributed by atoms with Gasteiger partial charge in [0.25, 0.3) is 0 Å². The monoisotopic (exact) mass is 608 g/mol. The maximum absolute atomic E-state index is 13.5. The number of Topliss-reactive ketones (excluding diaryl/α,β-unsaturated/α-hetero) is 1. The molecule has 0 heterocycles. The second-order valence-electron chi connectivity index (χ2n) is 18.7. The average molecular weight is 609 g/mol. The normalized spacial score (nSPS) is 50.1. The first-order valence-corrected chi connectivity index (χ1v) is 17.9. The minimum absolute atomic E-state index is 0.0504. The third kappa shape index (κ3) is 3.98. The first kappa shape index (κ1) is 32.3. The van der Waals surface area contributed by atoms with Crippen LogP contribution in [0.2, 0.25) is 0 Å². The van der Waals surface area contributed by atoms with Crippen molar-refractivity contribution in [2.45, 2.75) is 139 Å². The van der Waals surface area contributed by atoms with Gasteiger partial charge in [0, 0.05) is 11.3 Å². The number of ether oxygens (including phenoxy) is 1. The van der Waals surface area contributed by atoms with E-state index in [-0.39, 0.29) is 62.7 Å². The van der Waals surface area contributed by atoms with E-state index in [1.165, 1.54) is 12.0 Å². The Balaban J connectivity index is 1.25. The Kier molecular flexibility index (Phi) is 7.29. The predicted octanol–water partition coefficient (Wildman–Crippen LogP) is 8.89. The van der Waals surface area contributed by atoms with Crippen LogP contribution in [-0.2, 0) is 19.1 Å². The van der Waals surface area contributed by atoms with E-state index in [4.69, 9.17) is 4.74 Å². The molecule has 246 valence electrons. The number of carboxylic acids is 1. The number of esters is 1. The fourth-order valence-electron chi connectivity index (χ4n) is 13.9. The third-order valence-corrected chi connectivity index (χ3v) is 16.7. The molecule has 0 saturated heterocycles. The number of aliphatic carboxylic acids is 1. The Bertz CT molecular complexity index is 1260. The van der Waals surface area contributed by atoms with E-state index >= 15 is 0 Å². The highest BCUT2D eigenvalue weighted by Gasteiger charge is 2.72. The molecule has 44 heavy (non-hydrogen) atoms. The molecule has 12 atom stereocenters.